The highest BCUT2D eigenvalue weighted by molar-refractivity contribution is 9.09. The lowest BCUT2D eigenvalue weighted by Gasteiger charge is -2.36. The monoisotopic (exact) mass is 326 g/mol. The lowest BCUT2D eigenvalue weighted by atomic mass is 9.80. The number of rotatable bonds is 4. The van der Waals surface area contributed by atoms with Gasteiger partial charge in [0.15, 0.2) is 9.84 Å². The van der Waals surface area contributed by atoms with Gasteiger partial charge in [-0.05, 0) is 45.4 Å². The molecule has 1 heterocycles. The van der Waals surface area contributed by atoms with Crippen molar-refractivity contribution in [2.75, 3.05) is 24.3 Å². The van der Waals surface area contributed by atoms with Crippen molar-refractivity contribution in [2.45, 2.75) is 44.8 Å². The minimum atomic E-state index is -3.01. The molecule has 5 heteroatoms. The first-order valence-electron chi connectivity index (χ1n) is 6.08. The molecule has 0 atom stereocenters. The molecule has 0 radical (unpaired) electrons. The summed E-state index contributed by atoms with van der Waals surface area (Å²) in [5, 5.41) is 0.864. The standard InChI is InChI=1S/C12H23BrO3S/c1-11(2,3)17(14,15)9-6-12(10-13)4-7-16-8-5-12/h4-10H2,1-3H3. The molecular weight excluding hydrogens is 304 g/mol. The van der Waals surface area contributed by atoms with Crippen LogP contribution in [0.4, 0.5) is 0 Å². The third-order valence-electron chi connectivity index (χ3n) is 3.67. The Morgan fingerprint density at radius 1 is 1.24 bits per heavy atom. The zero-order chi connectivity index (χ0) is 13.2. The van der Waals surface area contributed by atoms with E-state index in [1.165, 1.54) is 0 Å². The summed E-state index contributed by atoms with van der Waals surface area (Å²) >= 11 is 3.54. The summed E-state index contributed by atoms with van der Waals surface area (Å²) in [5.74, 6) is 0.280. The van der Waals surface area contributed by atoms with E-state index in [1.54, 1.807) is 20.8 Å². The second kappa shape index (κ2) is 5.57. The van der Waals surface area contributed by atoms with Gasteiger partial charge in [0, 0.05) is 18.5 Å². The fourth-order valence-electron chi connectivity index (χ4n) is 1.91. The summed E-state index contributed by atoms with van der Waals surface area (Å²) in [4.78, 5) is 0. The Morgan fingerprint density at radius 3 is 2.18 bits per heavy atom. The zero-order valence-electron chi connectivity index (χ0n) is 11.0. The van der Waals surface area contributed by atoms with Gasteiger partial charge < -0.3 is 4.74 Å². The second-order valence-electron chi connectivity index (χ2n) is 5.93. The molecule has 0 amide bonds. The van der Waals surface area contributed by atoms with E-state index in [-0.39, 0.29) is 11.2 Å². The molecule has 0 aromatic rings. The molecule has 1 rings (SSSR count). The summed E-state index contributed by atoms with van der Waals surface area (Å²) < 4.78 is 28.9. The van der Waals surface area contributed by atoms with Crippen LogP contribution in [0.15, 0.2) is 0 Å². The van der Waals surface area contributed by atoms with Gasteiger partial charge in [-0.25, -0.2) is 8.42 Å². The van der Waals surface area contributed by atoms with E-state index in [9.17, 15) is 8.42 Å². The average Bonchev–Trinajstić information content (AvgIpc) is 2.26. The molecule has 17 heavy (non-hydrogen) atoms. The number of alkyl halides is 1. The average molecular weight is 327 g/mol. The summed E-state index contributed by atoms with van der Waals surface area (Å²) in [7, 11) is -3.01. The highest BCUT2D eigenvalue weighted by Gasteiger charge is 2.36. The van der Waals surface area contributed by atoms with Crippen molar-refractivity contribution in [3.05, 3.63) is 0 Å². The normalized spacial score (nSPS) is 21.4. The summed E-state index contributed by atoms with van der Waals surface area (Å²) in [6.07, 6.45) is 2.65. The largest absolute Gasteiger partial charge is 0.381 e. The van der Waals surface area contributed by atoms with Gasteiger partial charge in [-0.1, -0.05) is 15.9 Å². The molecule has 0 aromatic heterocycles. The van der Waals surface area contributed by atoms with Crippen LogP contribution in [0.2, 0.25) is 0 Å². The van der Waals surface area contributed by atoms with Crippen molar-refractivity contribution >= 4 is 25.8 Å². The Labute approximate surface area is 113 Å². The van der Waals surface area contributed by atoms with Gasteiger partial charge in [-0.15, -0.1) is 0 Å². The van der Waals surface area contributed by atoms with Crippen LogP contribution in [-0.2, 0) is 14.6 Å². The topological polar surface area (TPSA) is 43.4 Å². The van der Waals surface area contributed by atoms with E-state index >= 15 is 0 Å². The molecule has 0 bridgehead atoms. The van der Waals surface area contributed by atoms with E-state index in [4.69, 9.17) is 4.74 Å². The molecule has 3 nitrogen and oxygen atoms in total. The molecule has 1 aliphatic rings. The van der Waals surface area contributed by atoms with Gasteiger partial charge in [-0.3, -0.25) is 0 Å². The van der Waals surface area contributed by atoms with Crippen LogP contribution in [-0.4, -0.2) is 37.5 Å². The molecule has 0 aliphatic carbocycles. The van der Waals surface area contributed by atoms with Crippen LogP contribution >= 0.6 is 15.9 Å². The molecule has 0 N–H and O–H groups in total. The molecule has 1 aliphatic heterocycles. The van der Waals surface area contributed by atoms with Gasteiger partial charge in [0.1, 0.15) is 0 Å². The number of halogens is 1. The Morgan fingerprint density at radius 2 is 1.76 bits per heavy atom. The quantitative estimate of drug-likeness (QED) is 0.746. The highest BCUT2D eigenvalue weighted by Crippen LogP contribution is 2.37. The third kappa shape index (κ3) is 3.93. The van der Waals surface area contributed by atoms with Crippen LogP contribution in [0.1, 0.15) is 40.0 Å². The maximum atomic E-state index is 12.1. The van der Waals surface area contributed by atoms with Gasteiger partial charge in [-0.2, -0.15) is 0 Å². The minimum absolute atomic E-state index is 0.108. The van der Waals surface area contributed by atoms with E-state index < -0.39 is 14.6 Å². The fraction of sp³-hybridized carbons (Fsp3) is 1.00. The predicted octanol–water partition coefficient (Wildman–Crippen LogP) is 2.78. The number of hydrogen-bond acceptors (Lipinski definition) is 3. The van der Waals surface area contributed by atoms with Gasteiger partial charge in [0.25, 0.3) is 0 Å². The molecule has 0 unspecified atom stereocenters. The molecular formula is C12H23BrO3S. The van der Waals surface area contributed by atoms with E-state index in [0.29, 0.717) is 0 Å². The van der Waals surface area contributed by atoms with Crippen molar-refractivity contribution in [2.24, 2.45) is 5.41 Å². The van der Waals surface area contributed by atoms with Crippen LogP contribution in [0.25, 0.3) is 0 Å². The molecule has 0 saturated carbocycles. The molecule has 1 saturated heterocycles. The fourth-order valence-corrected chi connectivity index (χ4v) is 4.07. The Hall–Kier alpha value is 0.390. The maximum Gasteiger partial charge on any atom is 0.155 e. The molecule has 102 valence electrons. The second-order valence-corrected chi connectivity index (χ2v) is 9.35. The van der Waals surface area contributed by atoms with Gasteiger partial charge in [0.2, 0.25) is 0 Å². The SMILES string of the molecule is CC(C)(C)S(=O)(=O)CCC1(CBr)CCOCC1. The molecule has 1 fully saturated rings. The van der Waals surface area contributed by atoms with Crippen LogP contribution in [0, 0.1) is 5.41 Å². The first-order chi connectivity index (χ1) is 7.72. The lowest BCUT2D eigenvalue weighted by molar-refractivity contribution is 0.0254. The van der Waals surface area contributed by atoms with Gasteiger partial charge in [0.05, 0.1) is 10.5 Å². The Bertz CT molecular complexity index is 337. The molecule has 0 spiro atoms. The summed E-state index contributed by atoms with van der Waals surface area (Å²) in [5.41, 5.74) is 0.108. The first kappa shape index (κ1) is 15.4. The van der Waals surface area contributed by atoms with Crippen LogP contribution < -0.4 is 0 Å². The highest BCUT2D eigenvalue weighted by atomic mass is 79.9. The summed E-state index contributed by atoms with van der Waals surface area (Å²) in [6.45, 7) is 6.82. The lowest BCUT2D eigenvalue weighted by Crippen LogP contribution is -2.37. The van der Waals surface area contributed by atoms with E-state index in [0.717, 1.165) is 37.8 Å². The van der Waals surface area contributed by atoms with Crippen molar-refractivity contribution < 1.29 is 13.2 Å². The van der Waals surface area contributed by atoms with Crippen molar-refractivity contribution in [1.82, 2.24) is 0 Å². The number of sulfone groups is 1. The van der Waals surface area contributed by atoms with Gasteiger partial charge >= 0.3 is 0 Å². The number of hydrogen-bond donors (Lipinski definition) is 0. The molecule has 0 aromatic carbocycles. The number of ether oxygens (including phenoxy) is 1. The van der Waals surface area contributed by atoms with Crippen molar-refractivity contribution in [1.29, 1.82) is 0 Å². The Kier molecular flexibility index (Phi) is 5.07. The van der Waals surface area contributed by atoms with E-state index in [1.807, 2.05) is 0 Å². The van der Waals surface area contributed by atoms with Crippen molar-refractivity contribution in [3.63, 3.8) is 0 Å². The first-order valence-corrected chi connectivity index (χ1v) is 8.86. The zero-order valence-corrected chi connectivity index (χ0v) is 13.4. The summed E-state index contributed by atoms with van der Waals surface area (Å²) in [6, 6.07) is 0. The Balaban J connectivity index is 2.65. The van der Waals surface area contributed by atoms with E-state index in [2.05, 4.69) is 15.9 Å². The van der Waals surface area contributed by atoms with Crippen molar-refractivity contribution in [3.8, 4) is 0 Å². The third-order valence-corrected chi connectivity index (χ3v) is 7.47. The van der Waals surface area contributed by atoms with Crippen LogP contribution in [0.3, 0.4) is 0 Å². The smallest absolute Gasteiger partial charge is 0.155 e. The van der Waals surface area contributed by atoms with Crippen LogP contribution in [0.5, 0.6) is 0 Å². The maximum absolute atomic E-state index is 12.1. The minimum Gasteiger partial charge on any atom is -0.381 e. The predicted molar refractivity (Wildman–Crippen MR) is 74.4 cm³/mol.